The van der Waals surface area contributed by atoms with Crippen LogP contribution in [0.15, 0.2) is 48.8 Å². The number of hydrogen-bond donors (Lipinski definition) is 1. The third-order valence-electron chi connectivity index (χ3n) is 2.54. The van der Waals surface area contributed by atoms with Crippen LogP contribution < -0.4 is 10.5 Å². The highest BCUT2D eigenvalue weighted by atomic mass is 16.5. The number of aromatic nitrogens is 1. The van der Waals surface area contributed by atoms with Crippen LogP contribution in [0.2, 0.25) is 0 Å². The molecule has 3 heteroatoms. The SMILES string of the molecule is COc1ccc([C@H](N)c2ccncc2)cc1. The summed E-state index contributed by atoms with van der Waals surface area (Å²) in [7, 11) is 1.65. The lowest BCUT2D eigenvalue weighted by Crippen LogP contribution is -2.11. The molecule has 0 aliphatic heterocycles. The van der Waals surface area contributed by atoms with Crippen LogP contribution in [0.4, 0.5) is 0 Å². The van der Waals surface area contributed by atoms with Gasteiger partial charge in [-0.2, -0.15) is 0 Å². The summed E-state index contributed by atoms with van der Waals surface area (Å²) in [6.45, 7) is 0. The van der Waals surface area contributed by atoms with Crippen molar-refractivity contribution in [3.05, 3.63) is 59.9 Å². The second-order valence-corrected chi connectivity index (χ2v) is 3.53. The number of nitrogens with two attached hydrogens (primary N) is 1. The molecule has 1 aromatic carbocycles. The van der Waals surface area contributed by atoms with E-state index in [2.05, 4.69) is 4.98 Å². The van der Waals surface area contributed by atoms with Crippen LogP contribution >= 0.6 is 0 Å². The van der Waals surface area contributed by atoms with Gasteiger partial charge in [0.15, 0.2) is 0 Å². The van der Waals surface area contributed by atoms with Crippen LogP contribution in [0.1, 0.15) is 17.2 Å². The number of pyridine rings is 1. The summed E-state index contributed by atoms with van der Waals surface area (Å²) in [5, 5.41) is 0. The number of ether oxygens (including phenoxy) is 1. The van der Waals surface area contributed by atoms with E-state index in [4.69, 9.17) is 10.5 Å². The second-order valence-electron chi connectivity index (χ2n) is 3.53. The monoisotopic (exact) mass is 214 g/mol. The highest BCUT2D eigenvalue weighted by Gasteiger charge is 2.07. The summed E-state index contributed by atoms with van der Waals surface area (Å²) in [4.78, 5) is 3.97. The Balaban J connectivity index is 2.24. The summed E-state index contributed by atoms with van der Waals surface area (Å²) in [6.07, 6.45) is 3.50. The fourth-order valence-corrected chi connectivity index (χ4v) is 1.57. The van der Waals surface area contributed by atoms with Gasteiger partial charge in [0.1, 0.15) is 5.75 Å². The first-order valence-corrected chi connectivity index (χ1v) is 5.10. The third kappa shape index (κ3) is 2.20. The minimum Gasteiger partial charge on any atom is -0.497 e. The lowest BCUT2D eigenvalue weighted by Gasteiger charge is -2.12. The molecule has 0 spiro atoms. The van der Waals surface area contributed by atoms with Crippen molar-refractivity contribution < 1.29 is 4.74 Å². The van der Waals surface area contributed by atoms with Crippen molar-refractivity contribution >= 4 is 0 Å². The van der Waals surface area contributed by atoms with E-state index in [-0.39, 0.29) is 6.04 Å². The lowest BCUT2D eigenvalue weighted by atomic mass is 10.0. The minimum absolute atomic E-state index is 0.117. The topological polar surface area (TPSA) is 48.1 Å². The molecule has 0 unspecified atom stereocenters. The van der Waals surface area contributed by atoms with Crippen molar-refractivity contribution in [1.82, 2.24) is 4.98 Å². The van der Waals surface area contributed by atoms with Crippen LogP contribution in [0, 0.1) is 0 Å². The molecule has 0 bridgehead atoms. The van der Waals surface area contributed by atoms with E-state index >= 15 is 0 Å². The Labute approximate surface area is 94.9 Å². The van der Waals surface area contributed by atoms with Gasteiger partial charge >= 0.3 is 0 Å². The molecular formula is C13H14N2O. The molecule has 1 aromatic heterocycles. The highest BCUT2D eigenvalue weighted by Crippen LogP contribution is 2.21. The summed E-state index contributed by atoms with van der Waals surface area (Å²) < 4.78 is 5.10. The Bertz CT molecular complexity index is 439. The largest absolute Gasteiger partial charge is 0.497 e. The first kappa shape index (κ1) is 10.6. The third-order valence-corrected chi connectivity index (χ3v) is 2.54. The number of nitrogens with zero attached hydrogens (tertiary/aromatic N) is 1. The summed E-state index contributed by atoms with van der Waals surface area (Å²) in [5.41, 5.74) is 8.26. The number of rotatable bonds is 3. The van der Waals surface area contributed by atoms with E-state index in [0.717, 1.165) is 16.9 Å². The summed E-state index contributed by atoms with van der Waals surface area (Å²) in [6, 6.07) is 11.5. The first-order chi connectivity index (χ1) is 7.81. The molecule has 2 aromatic rings. The fraction of sp³-hybridized carbons (Fsp3) is 0.154. The van der Waals surface area contributed by atoms with E-state index < -0.39 is 0 Å². The van der Waals surface area contributed by atoms with Crippen molar-refractivity contribution in [2.24, 2.45) is 5.73 Å². The van der Waals surface area contributed by atoms with Crippen molar-refractivity contribution in [3.63, 3.8) is 0 Å². The molecule has 0 saturated carbocycles. The average Bonchev–Trinajstić information content (AvgIpc) is 2.39. The van der Waals surface area contributed by atoms with Gasteiger partial charge in [-0.3, -0.25) is 4.98 Å². The quantitative estimate of drug-likeness (QED) is 0.851. The maximum Gasteiger partial charge on any atom is 0.118 e. The molecule has 2 N–H and O–H groups in total. The minimum atomic E-state index is -0.117. The van der Waals surface area contributed by atoms with E-state index in [0.29, 0.717) is 0 Å². The van der Waals surface area contributed by atoms with Crippen molar-refractivity contribution in [3.8, 4) is 5.75 Å². The maximum absolute atomic E-state index is 6.14. The van der Waals surface area contributed by atoms with Crippen molar-refractivity contribution in [2.75, 3.05) is 7.11 Å². The van der Waals surface area contributed by atoms with Gasteiger partial charge in [-0.1, -0.05) is 12.1 Å². The van der Waals surface area contributed by atoms with Gasteiger partial charge < -0.3 is 10.5 Å². The van der Waals surface area contributed by atoms with Crippen molar-refractivity contribution in [2.45, 2.75) is 6.04 Å². The Hall–Kier alpha value is -1.87. The number of methoxy groups -OCH3 is 1. The molecule has 0 aliphatic carbocycles. The van der Waals surface area contributed by atoms with Crippen molar-refractivity contribution in [1.29, 1.82) is 0 Å². The zero-order valence-corrected chi connectivity index (χ0v) is 9.13. The molecule has 2 rings (SSSR count). The fourth-order valence-electron chi connectivity index (χ4n) is 1.57. The Morgan fingerprint density at radius 3 is 2.12 bits per heavy atom. The molecule has 0 fully saturated rings. The van der Waals surface area contributed by atoms with Crippen LogP contribution in [-0.2, 0) is 0 Å². The molecule has 0 amide bonds. The number of hydrogen-bond acceptors (Lipinski definition) is 3. The van der Waals surface area contributed by atoms with Crippen LogP contribution in [0.25, 0.3) is 0 Å². The van der Waals surface area contributed by atoms with Gasteiger partial charge in [0.25, 0.3) is 0 Å². The maximum atomic E-state index is 6.14. The Morgan fingerprint density at radius 2 is 1.56 bits per heavy atom. The molecule has 0 radical (unpaired) electrons. The van der Waals surface area contributed by atoms with Gasteiger partial charge in [-0.05, 0) is 35.4 Å². The molecule has 0 saturated heterocycles. The molecular weight excluding hydrogens is 200 g/mol. The van der Waals surface area contributed by atoms with E-state index in [1.807, 2.05) is 36.4 Å². The predicted octanol–water partition coefficient (Wildman–Crippen LogP) is 2.14. The lowest BCUT2D eigenvalue weighted by molar-refractivity contribution is 0.414. The highest BCUT2D eigenvalue weighted by molar-refractivity contribution is 5.34. The van der Waals surface area contributed by atoms with Gasteiger partial charge in [0.05, 0.1) is 13.2 Å². The van der Waals surface area contributed by atoms with Crippen LogP contribution in [-0.4, -0.2) is 12.1 Å². The smallest absolute Gasteiger partial charge is 0.118 e. The van der Waals surface area contributed by atoms with Gasteiger partial charge in [0.2, 0.25) is 0 Å². The van der Waals surface area contributed by atoms with Crippen LogP contribution in [0.5, 0.6) is 5.75 Å². The predicted molar refractivity (Wildman–Crippen MR) is 63.3 cm³/mol. The molecule has 1 atom stereocenters. The molecule has 0 aliphatic rings. The normalized spacial score (nSPS) is 12.1. The van der Waals surface area contributed by atoms with Gasteiger partial charge in [-0.15, -0.1) is 0 Å². The summed E-state index contributed by atoms with van der Waals surface area (Å²) in [5.74, 6) is 0.839. The van der Waals surface area contributed by atoms with Crippen LogP contribution in [0.3, 0.4) is 0 Å². The standard InChI is InChI=1S/C13H14N2O/c1-16-12-4-2-10(3-5-12)13(14)11-6-8-15-9-7-11/h2-9,13H,14H2,1H3/t13-/m0/s1. The Kier molecular flexibility index (Phi) is 3.17. The van der Waals surface area contributed by atoms with Gasteiger partial charge in [0, 0.05) is 12.4 Å². The molecule has 3 nitrogen and oxygen atoms in total. The van der Waals surface area contributed by atoms with Gasteiger partial charge in [-0.25, -0.2) is 0 Å². The van der Waals surface area contributed by atoms with E-state index in [9.17, 15) is 0 Å². The molecule has 82 valence electrons. The molecule has 16 heavy (non-hydrogen) atoms. The van der Waals surface area contributed by atoms with E-state index in [1.54, 1.807) is 19.5 Å². The first-order valence-electron chi connectivity index (χ1n) is 5.10. The summed E-state index contributed by atoms with van der Waals surface area (Å²) >= 11 is 0. The Morgan fingerprint density at radius 1 is 1.00 bits per heavy atom. The average molecular weight is 214 g/mol. The molecule has 1 heterocycles. The second kappa shape index (κ2) is 4.77. The zero-order chi connectivity index (χ0) is 11.4. The van der Waals surface area contributed by atoms with E-state index in [1.165, 1.54) is 0 Å². The number of benzene rings is 1. The zero-order valence-electron chi connectivity index (χ0n) is 9.13.